The van der Waals surface area contributed by atoms with Gasteiger partial charge in [0, 0.05) is 18.1 Å². The van der Waals surface area contributed by atoms with Crippen molar-refractivity contribution < 1.29 is 0 Å². The molecule has 0 aromatic heterocycles. The summed E-state index contributed by atoms with van der Waals surface area (Å²) in [6, 6.07) is 0.887. The van der Waals surface area contributed by atoms with Gasteiger partial charge in [-0.25, -0.2) is 0 Å². The van der Waals surface area contributed by atoms with Crippen LogP contribution in [0.1, 0.15) is 71.1 Å². The molecular formula is C17H32N2. The van der Waals surface area contributed by atoms with Crippen molar-refractivity contribution in [2.75, 3.05) is 19.6 Å². The maximum Gasteiger partial charge on any atom is 0.0308 e. The Morgan fingerprint density at radius 1 is 0.895 bits per heavy atom. The molecule has 110 valence electrons. The van der Waals surface area contributed by atoms with E-state index in [4.69, 9.17) is 0 Å². The van der Waals surface area contributed by atoms with Gasteiger partial charge in [0.25, 0.3) is 0 Å². The van der Waals surface area contributed by atoms with Gasteiger partial charge in [-0.2, -0.15) is 0 Å². The largest absolute Gasteiger partial charge is 0.310 e. The van der Waals surface area contributed by atoms with Crippen LogP contribution in [0.2, 0.25) is 0 Å². The van der Waals surface area contributed by atoms with E-state index in [0.717, 1.165) is 12.0 Å². The van der Waals surface area contributed by atoms with E-state index in [2.05, 4.69) is 17.1 Å². The summed E-state index contributed by atoms with van der Waals surface area (Å²) in [4.78, 5) is 2.86. The van der Waals surface area contributed by atoms with E-state index >= 15 is 0 Å². The van der Waals surface area contributed by atoms with Gasteiger partial charge in [0.05, 0.1) is 0 Å². The lowest BCUT2D eigenvalue weighted by atomic mass is 9.91. The Bertz CT molecular complexity index is 279. The van der Waals surface area contributed by atoms with Crippen LogP contribution in [-0.2, 0) is 0 Å². The molecule has 1 heterocycles. The lowest BCUT2D eigenvalue weighted by Gasteiger charge is -2.38. The Morgan fingerprint density at radius 2 is 1.58 bits per heavy atom. The summed E-state index contributed by atoms with van der Waals surface area (Å²) in [7, 11) is 0. The van der Waals surface area contributed by atoms with Crippen LogP contribution >= 0.6 is 0 Å². The third kappa shape index (κ3) is 3.52. The third-order valence-corrected chi connectivity index (χ3v) is 5.75. The standard InChI is InChI=1S/C17H32N2/c1-17(15-10-11-15)14-19(13-7-12-18-17)16-8-5-3-2-4-6-9-16/h15-16,18H,2-14H2,1H3. The van der Waals surface area contributed by atoms with Crippen molar-refractivity contribution in [1.29, 1.82) is 0 Å². The molecule has 0 amide bonds. The smallest absolute Gasteiger partial charge is 0.0308 e. The van der Waals surface area contributed by atoms with Crippen molar-refractivity contribution in [3.63, 3.8) is 0 Å². The van der Waals surface area contributed by atoms with Gasteiger partial charge in [-0.05, 0) is 58.0 Å². The topological polar surface area (TPSA) is 15.3 Å². The first-order valence-electron chi connectivity index (χ1n) is 8.77. The van der Waals surface area contributed by atoms with Crippen molar-refractivity contribution in [3.8, 4) is 0 Å². The fourth-order valence-electron chi connectivity index (χ4n) is 4.32. The summed E-state index contributed by atoms with van der Waals surface area (Å²) in [6.07, 6.45) is 14.5. The van der Waals surface area contributed by atoms with Crippen molar-refractivity contribution >= 4 is 0 Å². The molecular weight excluding hydrogens is 232 g/mol. The fraction of sp³-hybridized carbons (Fsp3) is 1.00. The van der Waals surface area contributed by atoms with Crippen LogP contribution in [0.25, 0.3) is 0 Å². The van der Waals surface area contributed by atoms with Crippen LogP contribution in [0, 0.1) is 5.92 Å². The number of hydrogen-bond donors (Lipinski definition) is 1. The van der Waals surface area contributed by atoms with Crippen molar-refractivity contribution in [2.45, 2.75) is 82.7 Å². The van der Waals surface area contributed by atoms with Gasteiger partial charge < -0.3 is 5.32 Å². The summed E-state index contributed by atoms with van der Waals surface area (Å²) < 4.78 is 0. The zero-order chi connectivity index (χ0) is 13.1. The minimum absolute atomic E-state index is 0.416. The van der Waals surface area contributed by atoms with Gasteiger partial charge in [0.2, 0.25) is 0 Å². The molecule has 2 heteroatoms. The molecule has 1 atom stereocenters. The SMILES string of the molecule is CC1(C2CC2)CN(C2CCCCCCC2)CCCN1. The van der Waals surface area contributed by atoms with Gasteiger partial charge in [-0.1, -0.05) is 32.1 Å². The molecule has 0 spiro atoms. The van der Waals surface area contributed by atoms with Crippen LogP contribution in [0.15, 0.2) is 0 Å². The van der Waals surface area contributed by atoms with Crippen LogP contribution in [0.5, 0.6) is 0 Å². The van der Waals surface area contributed by atoms with Gasteiger partial charge in [-0.3, -0.25) is 4.90 Å². The first-order valence-corrected chi connectivity index (χ1v) is 8.77. The summed E-state index contributed by atoms with van der Waals surface area (Å²) in [6.45, 7) is 6.37. The molecule has 3 fully saturated rings. The summed E-state index contributed by atoms with van der Waals surface area (Å²) >= 11 is 0. The van der Waals surface area contributed by atoms with E-state index in [1.54, 1.807) is 0 Å². The molecule has 1 N–H and O–H groups in total. The number of hydrogen-bond acceptors (Lipinski definition) is 2. The van der Waals surface area contributed by atoms with Gasteiger partial charge in [0.1, 0.15) is 0 Å². The highest BCUT2D eigenvalue weighted by Crippen LogP contribution is 2.41. The van der Waals surface area contributed by atoms with Crippen LogP contribution in [0.4, 0.5) is 0 Å². The van der Waals surface area contributed by atoms with Gasteiger partial charge in [0.15, 0.2) is 0 Å². The fourth-order valence-corrected chi connectivity index (χ4v) is 4.32. The zero-order valence-corrected chi connectivity index (χ0v) is 12.8. The molecule has 1 saturated heterocycles. The van der Waals surface area contributed by atoms with E-state index < -0.39 is 0 Å². The second-order valence-corrected chi connectivity index (χ2v) is 7.44. The Labute approximate surface area is 119 Å². The quantitative estimate of drug-likeness (QED) is 0.820. The Balaban J connectivity index is 1.63. The molecule has 3 rings (SSSR count). The van der Waals surface area contributed by atoms with Gasteiger partial charge >= 0.3 is 0 Å². The maximum atomic E-state index is 3.88. The average Bonchev–Trinajstić information content (AvgIpc) is 3.15. The molecule has 2 aliphatic carbocycles. The average molecular weight is 264 g/mol. The summed E-state index contributed by atoms with van der Waals surface area (Å²) in [5.74, 6) is 0.960. The molecule has 0 bridgehead atoms. The molecule has 0 aromatic rings. The van der Waals surface area contributed by atoms with E-state index in [0.29, 0.717) is 5.54 Å². The second-order valence-electron chi connectivity index (χ2n) is 7.44. The summed E-state index contributed by atoms with van der Waals surface area (Å²) in [5, 5.41) is 3.88. The molecule has 19 heavy (non-hydrogen) atoms. The van der Waals surface area contributed by atoms with Crippen LogP contribution in [0.3, 0.4) is 0 Å². The Kier molecular flexibility index (Phi) is 4.48. The zero-order valence-electron chi connectivity index (χ0n) is 12.8. The predicted molar refractivity (Wildman–Crippen MR) is 81.4 cm³/mol. The molecule has 1 unspecified atom stereocenters. The van der Waals surface area contributed by atoms with Crippen molar-refractivity contribution in [3.05, 3.63) is 0 Å². The minimum atomic E-state index is 0.416. The Hall–Kier alpha value is -0.0800. The minimum Gasteiger partial charge on any atom is -0.310 e. The highest BCUT2D eigenvalue weighted by atomic mass is 15.2. The molecule has 2 saturated carbocycles. The highest BCUT2D eigenvalue weighted by molar-refractivity contribution is 5.01. The van der Waals surface area contributed by atoms with E-state index in [9.17, 15) is 0 Å². The number of nitrogens with zero attached hydrogens (tertiary/aromatic N) is 1. The number of rotatable bonds is 2. The van der Waals surface area contributed by atoms with Gasteiger partial charge in [-0.15, -0.1) is 0 Å². The molecule has 3 aliphatic rings. The molecule has 1 aliphatic heterocycles. The lowest BCUT2D eigenvalue weighted by Crippen LogP contribution is -2.52. The van der Waals surface area contributed by atoms with Crippen molar-refractivity contribution in [2.24, 2.45) is 5.92 Å². The molecule has 0 radical (unpaired) electrons. The molecule has 2 nitrogen and oxygen atoms in total. The van der Waals surface area contributed by atoms with Crippen LogP contribution in [-0.4, -0.2) is 36.1 Å². The van der Waals surface area contributed by atoms with E-state index in [-0.39, 0.29) is 0 Å². The first kappa shape index (κ1) is 13.9. The highest BCUT2D eigenvalue weighted by Gasteiger charge is 2.43. The summed E-state index contributed by atoms with van der Waals surface area (Å²) in [5.41, 5.74) is 0.416. The maximum absolute atomic E-state index is 3.88. The first-order chi connectivity index (χ1) is 9.28. The normalized spacial score (nSPS) is 36.5. The molecule has 0 aromatic carbocycles. The second kappa shape index (κ2) is 6.13. The predicted octanol–water partition coefficient (Wildman–Crippen LogP) is 3.56. The van der Waals surface area contributed by atoms with Crippen LogP contribution < -0.4 is 5.32 Å². The monoisotopic (exact) mass is 264 g/mol. The van der Waals surface area contributed by atoms with Crippen molar-refractivity contribution in [1.82, 2.24) is 10.2 Å². The Morgan fingerprint density at radius 3 is 2.26 bits per heavy atom. The third-order valence-electron chi connectivity index (χ3n) is 5.75. The number of nitrogens with one attached hydrogen (secondary N) is 1. The lowest BCUT2D eigenvalue weighted by molar-refractivity contribution is 0.130. The van der Waals surface area contributed by atoms with E-state index in [1.165, 1.54) is 83.8 Å². The van der Waals surface area contributed by atoms with E-state index in [1.807, 2.05) is 0 Å².